The molecule has 3 aromatic rings. The molecule has 0 fully saturated rings. The number of para-hydroxylation sites is 1. The molecule has 1 N–H and O–H groups in total. The van der Waals surface area contributed by atoms with E-state index in [9.17, 15) is 13.2 Å². The molecule has 6 heteroatoms. The van der Waals surface area contributed by atoms with Crippen molar-refractivity contribution < 1.29 is 17.9 Å². The van der Waals surface area contributed by atoms with Gasteiger partial charge in [-0.3, -0.25) is 4.79 Å². The molecule has 0 bridgehead atoms. The van der Waals surface area contributed by atoms with Crippen LogP contribution in [0.25, 0.3) is 0 Å². The molecule has 0 aliphatic rings. The zero-order valence-electron chi connectivity index (χ0n) is 15.5. The van der Waals surface area contributed by atoms with E-state index in [0.717, 1.165) is 11.3 Å². The Morgan fingerprint density at radius 1 is 0.857 bits per heavy atom. The average Bonchev–Trinajstić information content (AvgIpc) is 2.66. The van der Waals surface area contributed by atoms with Gasteiger partial charge < -0.3 is 10.1 Å². The molecule has 0 aliphatic carbocycles. The van der Waals surface area contributed by atoms with Crippen LogP contribution in [0.4, 0.5) is 0 Å². The maximum Gasteiger partial charge on any atom is 0.251 e. The quantitative estimate of drug-likeness (QED) is 0.657. The minimum absolute atomic E-state index is 0.0903. The summed E-state index contributed by atoms with van der Waals surface area (Å²) in [6.45, 7) is 0.334. The first-order valence-electron chi connectivity index (χ1n) is 8.76. The molecular weight excluding hydrogens is 374 g/mol. The van der Waals surface area contributed by atoms with Crippen molar-refractivity contribution in [2.45, 2.75) is 12.3 Å². The Morgan fingerprint density at radius 3 is 2.29 bits per heavy atom. The molecule has 3 aromatic carbocycles. The summed E-state index contributed by atoms with van der Waals surface area (Å²) < 4.78 is 28.7. The molecule has 1 amide bonds. The van der Waals surface area contributed by atoms with Crippen LogP contribution in [0.15, 0.2) is 78.9 Å². The number of hydrogen-bond acceptors (Lipinski definition) is 4. The van der Waals surface area contributed by atoms with E-state index in [0.29, 0.717) is 23.4 Å². The van der Waals surface area contributed by atoms with Gasteiger partial charge in [0.25, 0.3) is 5.91 Å². The van der Waals surface area contributed by atoms with Crippen LogP contribution in [0.5, 0.6) is 11.5 Å². The summed E-state index contributed by atoms with van der Waals surface area (Å²) >= 11 is 0. The summed E-state index contributed by atoms with van der Waals surface area (Å²) in [7, 11) is -3.15. The Kier molecular flexibility index (Phi) is 6.11. The van der Waals surface area contributed by atoms with Crippen LogP contribution in [0, 0.1) is 0 Å². The van der Waals surface area contributed by atoms with Gasteiger partial charge in [0.05, 0.1) is 5.75 Å². The molecular formula is C22H21NO4S. The van der Waals surface area contributed by atoms with E-state index in [1.807, 2.05) is 54.6 Å². The second kappa shape index (κ2) is 8.71. The molecule has 0 heterocycles. The van der Waals surface area contributed by atoms with Gasteiger partial charge in [0.1, 0.15) is 11.5 Å². The Balaban J connectivity index is 1.63. The Morgan fingerprint density at radius 2 is 1.54 bits per heavy atom. The highest BCUT2D eigenvalue weighted by atomic mass is 32.2. The summed E-state index contributed by atoms with van der Waals surface area (Å²) in [4.78, 5) is 12.4. The van der Waals surface area contributed by atoms with Crippen molar-refractivity contribution in [3.8, 4) is 11.5 Å². The van der Waals surface area contributed by atoms with Gasteiger partial charge in [0.15, 0.2) is 9.84 Å². The maximum atomic E-state index is 12.4. The molecule has 0 saturated heterocycles. The number of carbonyl (C=O) groups is 1. The molecule has 0 aliphatic heterocycles. The number of rotatable bonds is 7. The van der Waals surface area contributed by atoms with Gasteiger partial charge in [-0.2, -0.15) is 0 Å². The highest BCUT2D eigenvalue weighted by Gasteiger charge is 2.09. The lowest BCUT2D eigenvalue weighted by Gasteiger charge is -2.09. The summed E-state index contributed by atoms with van der Waals surface area (Å²) in [5.74, 6) is 1.08. The predicted molar refractivity (Wildman–Crippen MR) is 109 cm³/mol. The predicted octanol–water partition coefficient (Wildman–Crippen LogP) is 3.95. The number of carbonyl (C=O) groups excluding carboxylic acids is 1. The molecule has 0 unspecified atom stereocenters. The van der Waals surface area contributed by atoms with Crippen LogP contribution in [-0.2, 0) is 22.1 Å². The molecule has 5 nitrogen and oxygen atoms in total. The second-order valence-corrected chi connectivity index (χ2v) is 8.66. The van der Waals surface area contributed by atoms with Crippen molar-refractivity contribution >= 4 is 15.7 Å². The molecule has 144 valence electrons. The first-order chi connectivity index (χ1) is 13.4. The van der Waals surface area contributed by atoms with E-state index in [1.165, 1.54) is 6.26 Å². The molecule has 0 saturated carbocycles. The van der Waals surface area contributed by atoms with Gasteiger partial charge >= 0.3 is 0 Å². The van der Waals surface area contributed by atoms with Gasteiger partial charge in [0, 0.05) is 18.4 Å². The lowest BCUT2D eigenvalue weighted by Crippen LogP contribution is -2.23. The fraction of sp³-hybridized carbons (Fsp3) is 0.136. The third kappa shape index (κ3) is 5.96. The fourth-order valence-corrected chi connectivity index (χ4v) is 3.52. The van der Waals surface area contributed by atoms with Gasteiger partial charge in [-0.25, -0.2) is 8.42 Å². The van der Waals surface area contributed by atoms with Crippen LogP contribution in [-0.4, -0.2) is 20.6 Å². The number of hydrogen-bond donors (Lipinski definition) is 1. The number of ether oxygens (including phenoxy) is 1. The molecule has 0 spiro atoms. The third-order valence-electron chi connectivity index (χ3n) is 3.95. The molecule has 3 rings (SSSR count). The molecule has 0 radical (unpaired) electrons. The van der Waals surface area contributed by atoms with Crippen molar-refractivity contribution in [1.29, 1.82) is 0 Å². The largest absolute Gasteiger partial charge is 0.457 e. The van der Waals surface area contributed by atoms with Crippen LogP contribution in [0.2, 0.25) is 0 Å². The fourth-order valence-electron chi connectivity index (χ4n) is 2.73. The third-order valence-corrected chi connectivity index (χ3v) is 4.81. The summed E-state index contributed by atoms with van der Waals surface area (Å²) in [5.41, 5.74) is 1.92. The van der Waals surface area contributed by atoms with Crippen LogP contribution >= 0.6 is 0 Å². The summed E-state index contributed by atoms with van der Waals surface area (Å²) in [6.07, 6.45) is 1.17. The number of nitrogens with one attached hydrogen (secondary N) is 1. The number of sulfone groups is 1. The molecule has 28 heavy (non-hydrogen) atoms. The highest BCUT2D eigenvalue weighted by Crippen LogP contribution is 2.21. The van der Waals surface area contributed by atoms with Crippen molar-refractivity contribution in [1.82, 2.24) is 5.32 Å². The van der Waals surface area contributed by atoms with Crippen LogP contribution in [0.3, 0.4) is 0 Å². The number of benzene rings is 3. The van der Waals surface area contributed by atoms with E-state index < -0.39 is 9.84 Å². The Labute approximate surface area is 164 Å². The van der Waals surface area contributed by atoms with Crippen LogP contribution < -0.4 is 10.1 Å². The molecule has 0 atom stereocenters. The first-order valence-corrected chi connectivity index (χ1v) is 10.8. The normalized spacial score (nSPS) is 11.0. The van der Waals surface area contributed by atoms with Gasteiger partial charge in [-0.15, -0.1) is 0 Å². The van der Waals surface area contributed by atoms with E-state index in [-0.39, 0.29) is 11.7 Å². The van der Waals surface area contributed by atoms with E-state index in [4.69, 9.17) is 4.74 Å². The van der Waals surface area contributed by atoms with E-state index >= 15 is 0 Å². The van der Waals surface area contributed by atoms with Crippen molar-refractivity contribution in [2.24, 2.45) is 0 Å². The maximum absolute atomic E-state index is 12.4. The van der Waals surface area contributed by atoms with Gasteiger partial charge in [-0.05, 0) is 47.5 Å². The van der Waals surface area contributed by atoms with E-state index in [1.54, 1.807) is 24.3 Å². The standard InChI is InChI=1S/C22H21NO4S/c1-28(25,26)16-18-8-5-9-19(13-18)22(24)23-15-17-7-6-12-21(14-17)27-20-10-3-2-4-11-20/h2-14H,15-16H2,1H3,(H,23,24). The zero-order valence-corrected chi connectivity index (χ0v) is 16.3. The van der Waals surface area contributed by atoms with Crippen molar-refractivity contribution in [3.05, 3.63) is 95.6 Å². The minimum Gasteiger partial charge on any atom is -0.457 e. The van der Waals surface area contributed by atoms with Crippen molar-refractivity contribution in [2.75, 3.05) is 6.26 Å². The van der Waals surface area contributed by atoms with Crippen molar-refractivity contribution in [3.63, 3.8) is 0 Å². The van der Waals surface area contributed by atoms with Crippen LogP contribution in [0.1, 0.15) is 21.5 Å². The summed E-state index contributed by atoms with van der Waals surface area (Å²) in [5, 5.41) is 2.85. The first kappa shape index (κ1) is 19.6. The minimum atomic E-state index is -3.15. The SMILES string of the molecule is CS(=O)(=O)Cc1cccc(C(=O)NCc2cccc(Oc3ccccc3)c2)c1. The topological polar surface area (TPSA) is 72.5 Å². The highest BCUT2D eigenvalue weighted by molar-refractivity contribution is 7.89. The lowest BCUT2D eigenvalue weighted by atomic mass is 10.1. The zero-order chi connectivity index (χ0) is 20.0. The smallest absolute Gasteiger partial charge is 0.251 e. The molecule has 0 aromatic heterocycles. The second-order valence-electron chi connectivity index (χ2n) is 6.52. The summed E-state index contributed by atoms with van der Waals surface area (Å²) in [6, 6.07) is 23.6. The lowest BCUT2D eigenvalue weighted by molar-refractivity contribution is 0.0950. The van der Waals surface area contributed by atoms with E-state index in [2.05, 4.69) is 5.32 Å². The monoisotopic (exact) mass is 395 g/mol. The van der Waals surface area contributed by atoms with Gasteiger partial charge in [0.2, 0.25) is 0 Å². The Bertz CT molecular complexity index is 1060. The average molecular weight is 395 g/mol. The Hall–Kier alpha value is -3.12. The number of amides is 1. The van der Waals surface area contributed by atoms with Gasteiger partial charge in [-0.1, -0.05) is 42.5 Å².